The van der Waals surface area contributed by atoms with E-state index >= 15 is 0 Å². The number of nitrogens with zero attached hydrogens (tertiary/aromatic N) is 5. The van der Waals surface area contributed by atoms with Crippen LogP contribution in [-0.4, -0.2) is 24.1 Å². The summed E-state index contributed by atoms with van der Waals surface area (Å²) in [5.41, 5.74) is 9.66. The fourth-order valence-electron chi connectivity index (χ4n) is 9.80. The van der Waals surface area contributed by atoms with Crippen molar-refractivity contribution >= 4 is 75.9 Å². The van der Waals surface area contributed by atoms with Crippen LogP contribution in [-0.2, 0) is 0 Å². The maximum atomic E-state index is 5.21. The predicted octanol–water partition coefficient (Wildman–Crippen LogP) is 14.5. The summed E-state index contributed by atoms with van der Waals surface area (Å²) in [7, 11) is 0. The van der Waals surface area contributed by atoms with E-state index in [9.17, 15) is 0 Å². The van der Waals surface area contributed by atoms with Crippen LogP contribution in [0.2, 0.25) is 0 Å². The first-order valence-electron chi connectivity index (χ1n) is 21.0. The van der Waals surface area contributed by atoms with E-state index in [4.69, 9.17) is 15.0 Å². The van der Waals surface area contributed by atoms with E-state index in [2.05, 4.69) is 185 Å². The summed E-state index contributed by atoms with van der Waals surface area (Å²) in [6, 6.07) is 75.8. The van der Waals surface area contributed by atoms with Gasteiger partial charge in [0.25, 0.3) is 0 Å². The quantitative estimate of drug-likeness (QED) is 0.163. The zero-order chi connectivity index (χ0) is 40.7. The molecule has 0 N–H and O–H groups in total. The Bertz CT molecular complexity index is 3830. The van der Waals surface area contributed by atoms with Crippen molar-refractivity contribution in [2.75, 3.05) is 0 Å². The molecule has 0 saturated heterocycles. The average molecular weight is 790 g/mol. The zero-order valence-corrected chi connectivity index (χ0v) is 33.4. The van der Waals surface area contributed by atoms with Gasteiger partial charge in [0, 0.05) is 38.4 Å². The second kappa shape index (κ2) is 13.6. The lowest BCUT2D eigenvalue weighted by Crippen LogP contribution is -2.06. The van der Waals surface area contributed by atoms with E-state index in [0.29, 0.717) is 17.6 Å². The van der Waals surface area contributed by atoms with Gasteiger partial charge in [0.15, 0.2) is 11.6 Å². The fraction of sp³-hybridized carbons (Fsp3) is 0. The number of aromatic nitrogens is 5. The summed E-state index contributed by atoms with van der Waals surface area (Å²) in [6.07, 6.45) is 0. The molecule has 5 heteroatoms. The van der Waals surface area contributed by atoms with Gasteiger partial charge in [0.05, 0.1) is 22.1 Å². The maximum absolute atomic E-state index is 5.21. The minimum absolute atomic E-state index is 0.574. The van der Waals surface area contributed by atoms with E-state index in [1.54, 1.807) is 0 Å². The molecular formula is C57H35N5. The highest BCUT2D eigenvalue weighted by atomic mass is 15.2. The molecule has 5 nitrogen and oxygen atoms in total. The topological polar surface area (TPSA) is 48.5 Å². The van der Waals surface area contributed by atoms with Crippen molar-refractivity contribution in [3.05, 3.63) is 212 Å². The van der Waals surface area contributed by atoms with E-state index in [0.717, 1.165) is 55.2 Å². The molecule has 0 fully saturated rings. The Morgan fingerprint density at radius 3 is 1.40 bits per heavy atom. The molecule has 3 heterocycles. The Labute approximate surface area is 356 Å². The number of hydrogen-bond acceptors (Lipinski definition) is 3. The van der Waals surface area contributed by atoms with Gasteiger partial charge < -0.3 is 4.57 Å². The summed E-state index contributed by atoms with van der Waals surface area (Å²) in [5.74, 6) is 1.83. The van der Waals surface area contributed by atoms with E-state index < -0.39 is 0 Å². The van der Waals surface area contributed by atoms with Gasteiger partial charge in [-0.15, -0.1) is 0 Å². The van der Waals surface area contributed by atoms with Crippen LogP contribution in [0.1, 0.15) is 0 Å². The largest absolute Gasteiger partial charge is 0.309 e. The Hall–Kier alpha value is -8.41. The van der Waals surface area contributed by atoms with Gasteiger partial charge in [-0.1, -0.05) is 176 Å². The van der Waals surface area contributed by atoms with Crippen LogP contribution < -0.4 is 0 Å². The summed E-state index contributed by atoms with van der Waals surface area (Å²) in [5, 5.41) is 12.3. The molecule has 10 aromatic carbocycles. The van der Waals surface area contributed by atoms with Crippen LogP contribution in [0.4, 0.5) is 0 Å². The highest BCUT2D eigenvalue weighted by molar-refractivity contribution is 6.27. The van der Waals surface area contributed by atoms with Crippen molar-refractivity contribution in [2.24, 2.45) is 0 Å². The maximum Gasteiger partial charge on any atom is 0.238 e. The summed E-state index contributed by atoms with van der Waals surface area (Å²) in [6.45, 7) is 0. The van der Waals surface area contributed by atoms with E-state index in [1.165, 1.54) is 48.7 Å². The van der Waals surface area contributed by atoms with E-state index in [1.807, 2.05) is 36.4 Å². The summed E-state index contributed by atoms with van der Waals surface area (Å²) in [4.78, 5) is 15.4. The van der Waals surface area contributed by atoms with Gasteiger partial charge in [-0.05, 0) is 79.8 Å². The molecule has 0 bridgehead atoms. The number of rotatable bonds is 5. The van der Waals surface area contributed by atoms with Crippen molar-refractivity contribution in [1.29, 1.82) is 0 Å². The third-order valence-electron chi connectivity index (χ3n) is 12.5. The fourth-order valence-corrected chi connectivity index (χ4v) is 9.80. The van der Waals surface area contributed by atoms with Gasteiger partial charge >= 0.3 is 0 Å². The molecule has 13 rings (SSSR count). The van der Waals surface area contributed by atoms with Crippen LogP contribution >= 0.6 is 0 Å². The van der Waals surface area contributed by atoms with Crippen LogP contribution in [0, 0.1) is 0 Å². The van der Waals surface area contributed by atoms with Crippen molar-refractivity contribution < 1.29 is 0 Å². The first kappa shape index (κ1) is 34.5. The van der Waals surface area contributed by atoms with E-state index in [-0.39, 0.29) is 0 Å². The van der Waals surface area contributed by atoms with Crippen LogP contribution in [0.25, 0.3) is 121 Å². The molecular weight excluding hydrogens is 755 g/mol. The third-order valence-corrected chi connectivity index (χ3v) is 12.5. The molecule has 0 atom stereocenters. The van der Waals surface area contributed by atoms with Gasteiger partial charge in [0.1, 0.15) is 0 Å². The minimum atomic E-state index is 0.574. The van der Waals surface area contributed by atoms with Gasteiger partial charge in [-0.2, -0.15) is 9.97 Å². The molecule has 62 heavy (non-hydrogen) atoms. The zero-order valence-electron chi connectivity index (χ0n) is 33.4. The number of hydrogen-bond donors (Lipinski definition) is 0. The molecule has 288 valence electrons. The van der Waals surface area contributed by atoms with Crippen molar-refractivity contribution in [3.63, 3.8) is 0 Å². The predicted molar refractivity (Wildman–Crippen MR) is 257 cm³/mol. The Morgan fingerprint density at radius 2 is 0.758 bits per heavy atom. The normalized spacial score (nSPS) is 11.9. The highest BCUT2D eigenvalue weighted by Crippen LogP contribution is 2.43. The molecule has 0 amide bonds. The molecule has 0 aliphatic heterocycles. The van der Waals surface area contributed by atoms with Gasteiger partial charge in [0.2, 0.25) is 5.95 Å². The molecule has 0 aliphatic carbocycles. The SMILES string of the molecule is c1ccc(-c2nc(-c3ccccc3)nc(-n3c4ccccc4c4c3ccc3c5ccccc5n(-c5cccc(-c6ccc7c8ccccc8c8ccccc8c7c6)c5)c34)n2)cc1. The first-order chi connectivity index (χ1) is 30.8. The Kier molecular flexibility index (Phi) is 7.54. The lowest BCUT2D eigenvalue weighted by atomic mass is 9.92. The molecule has 3 aromatic heterocycles. The van der Waals surface area contributed by atoms with Crippen molar-refractivity contribution in [1.82, 2.24) is 24.1 Å². The van der Waals surface area contributed by atoms with Crippen molar-refractivity contribution in [3.8, 4) is 45.5 Å². The molecule has 13 aromatic rings. The van der Waals surface area contributed by atoms with Crippen LogP contribution in [0.5, 0.6) is 0 Å². The molecule has 0 radical (unpaired) electrons. The molecule has 0 aliphatic rings. The van der Waals surface area contributed by atoms with Crippen molar-refractivity contribution in [2.45, 2.75) is 0 Å². The second-order valence-electron chi connectivity index (χ2n) is 16.0. The highest BCUT2D eigenvalue weighted by Gasteiger charge is 2.23. The monoisotopic (exact) mass is 789 g/mol. The standard InChI is InChI=1S/C57H35N5/c1-3-16-36(17-4-1)55-58-56(37-18-5-2-6-19-37)60-57(59-55)62-51-29-14-12-27-48(51)53-52(62)33-32-47-46-26-11-13-28-50(46)61(54(47)53)40-21-15-20-38(34-40)39-30-31-45-43-24-8-7-22-41(43)42-23-9-10-25-44(42)49(45)35-39/h1-35H. The van der Waals surface area contributed by atoms with Crippen LogP contribution in [0.15, 0.2) is 212 Å². The Balaban J connectivity index is 1.07. The Morgan fingerprint density at radius 1 is 0.274 bits per heavy atom. The molecule has 0 unspecified atom stereocenters. The number of fused-ring (bicyclic) bond motifs is 13. The number of para-hydroxylation sites is 2. The first-order valence-corrected chi connectivity index (χ1v) is 21.0. The van der Waals surface area contributed by atoms with Crippen LogP contribution in [0.3, 0.4) is 0 Å². The molecule has 0 spiro atoms. The summed E-state index contributed by atoms with van der Waals surface area (Å²) >= 11 is 0. The van der Waals surface area contributed by atoms with Gasteiger partial charge in [-0.3, -0.25) is 4.57 Å². The smallest absolute Gasteiger partial charge is 0.238 e. The third kappa shape index (κ3) is 5.18. The lowest BCUT2D eigenvalue weighted by Gasteiger charge is -2.14. The number of benzene rings is 10. The van der Waals surface area contributed by atoms with Gasteiger partial charge in [-0.25, -0.2) is 4.98 Å². The minimum Gasteiger partial charge on any atom is -0.309 e. The molecule has 0 saturated carbocycles. The average Bonchev–Trinajstić information content (AvgIpc) is 3.87. The second-order valence-corrected chi connectivity index (χ2v) is 16.0. The summed E-state index contributed by atoms with van der Waals surface area (Å²) < 4.78 is 4.67. The lowest BCUT2D eigenvalue weighted by molar-refractivity contribution is 0.953.